The van der Waals surface area contributed by atoms with Gasteiger partial charge in [-0.1, -0.05) is 0 Å². The molecule has 2 fully saturated rings. The van der Waals surface area contributed by atoms with Crippen LogP contribution in [0.15, 0.2) is 24.3 Å². The van der Waals surface area contributed by atoms with Crippen LogP contribution in [0, 0.1) is 5.92 Å². The number of carbonyl (C=O) groups is 3. The van der Waals surface area contributed by atoms with Crippen molar-refractivity contribution in [2.75, 3.05) is 26.2 Å². The summed E-state index contributed by atoms with van der Waals surface area (Å²) in [5.41, 5.74) is 0.598. The summed E-state index contributed by atoms with van der Waals surface area (Å²) in [6.45, 7) is 5.07. The minimum atomic E-state index is -0.592. The summed E-state index contributed by atoms with van der Waals surface area (Å²) in [4.78, 5) is 38.1. The zero-order valence-corrected chi connectivity index (χ0v) is 13.7. The summed E-state index contributed by atoms with van der Waals surface area (Å²) in [5.74, 6) is 0.462. The third kappa shape index (κ3) is 3.34. The standard InChI is InChI=1S/C17H20N2O5/c1-11(2)24-14-5-3-13(4-6-14)16(21)18-7-12(8-18)9-19-15(20)10-23-17(19)22/h3-6,11-12H,7-10H2,1-2H3. The highest BCUT2D eigenvalue weighted by Crippen LogP contribution is 2.22. The number of ether oxygens (including phenoxy) is 2. The van der Waals surface area contributed by atoms with Crippen LogP contribution in [0.1, 0.15) is 24.2 Å². The molecule has 0 N–H and O–H groups in total. The minimum absolute atomic E-state index is 0.0577. The lowest BCUT2D eigenvalue weighted by Gasteiger charge is -2.40. The van der Waals surface area contributed by atoms with Crippen LogP contribution in [0.3, 0.4) is 0 Å². The fraction of sp³-hybridized carbons (Fsp3) is 0.471. The van der Waals surface area contributed by atoms with E-state index in [4.69, 9.17) is 4.74 Å². The highest BCUT2D eigenvalue weighted by atomic mass is 16.6. The first-order chi connectivity index (χ1) is 11.4. The van der Waals surface area contributed by atoms with Crippen molar-refractivity contribution in [1.29, 1.82) is 0 Å². The van der Waals surface area contributed by atoms with E-state index in [0.29, 0.717) is 25.2 Å². The van der Waals surface area contributed by atoms with Crippen LogP contribution in [-0.4, -0.2) is 60.1 Å². The molecule has 0 spiro atoms. The van der Waals surface area contributed by atoms with Gasteiger partial charge in [-0.25, -0.2) is 9.69 Å². The molecule has 2 heterocycles. The van der Waals surface area contributed by atoms with E-state index in [1.54, 1.807) is 29.2 Å². The molecule has 2 saturated heterocycles. The molecule has 0 aromatic heterocycles. The van der Waals surface area contributed by atoms with E-state index in [0.717, 1.165) is 10.6 Å². The van der Waals surface area contributed by atoms with Gasteiger partial charge in [-0.2, -0.15) is 0 Å². The summed E-state index contributed by atoms with van der Waals surface area (Å²) in [5, 5.41) is 0. The Morgan fingerprint density at radius 2 is 1.92 bits per heavy atom. The van der Waals surface area contributed by atoms with Crippen LogP contribution in [0.5, 0.6) is 5.75 Å². The zero-order valence-electron chi connectivity index (χ0n) is 13.7. The molecule has 0 radical (unpaired) electrons. The van der Waals surface area contributed by atoms with Crippen molar-refractivity contribution < 1.29 is 23.9 Å². The van der Waals surface area contributed by atoms with Crippen molar-refractivity contribution in [3.63, 3.8) is 0 Å². The van der Waals surface area contributed by atoms with Crippen LogP contribution < -0.4 is 4.74 Å². The molecular weight excluding hydrogens is 312 g/mol. The Hall–Kier alpha value is -2.57. The Bertz CT molecular complexity index is 633. The van der Waals surface area contributed by atoms with E-state index in [-0.39, 0.29) is 30.4 Å². The number of carbonyl (C=O) groups excluding carboxylic acids is 3. The Labute approximate surface area is 140 Å². The van der Waals surface area contributed by atoms with Gasteiger partial charge in [-0.15, -0.1) is 0 Å². The molecule has 0 unspecified atom stereocenters. The Kier molecular flexibility index (Phi) is 4.42. The minimum Gasteiger partial charge on any atom is -0.491 e. The number of hydrogen-bond donors (Lipinski definition) is 0. The fourth-order valence-electron chi connectivity index (χ4n) is 2.80. The maximum absolute atomic E-state index is 12.4. The second-order valence-corrected chi connectivity index (χ2v) is 6.33. The first-order valence-corrected chi connectivity index (χ1v) is 7.97. The topological polar surface area (TPSA) is 76.2 Å². The summed E-state index contributed by atoms with van der Waals surface area (Å²) < 4.78 is 10.2. The second kappa shape index (κ2) is 6.51. The summed E-state index contributed by atoms with van der Waals surface area (Å²) in [6.07, 6.45) is -0.506. The van der Waals surface area contributed by atoms with Gasteiger partial charge >= 0.3 is 6.09 Å². The quantitative estimate of drug-likeness (QED) is 0.817. The molecule has 1 aromatic carbocycles. The van der Waals surface area contributed by atoms with Crippen LogP contribution in [0.4, 0.5) is 4.79 Å². The first-order valence-electron chi connectivity index (χ1n) is 7.97. The predicted molar refractivity (Wildman–Crippen MR) is 84.7 cm³/mol. The van der Waals surface area contributed by atoms with Gasteiger partial charge in [0.1, 0.15) is 5.75 Å². The predicted octanol–water partition coefficient (Wildman–Crippen LogP) is 1.52. The van der Waals surface area contributed by atoms with Crippen molar-refractivity contribution in [1.82, 2.24) is 9.80 Å². The van der Waals surface area contributed by atoms with Crippen molar-refractivity contribution in [2.24, 2.45) is 5.92 Å². The lowest BCUT2D eigenvalue weighted by Crippen LogP contribution is -2.54. The molecule has 7 heteroatoms. The van der Waals surface area contributed by atoms with Crippen molar-refractivity contribution in [2.45, 2.75) is 20.0 Å². The zero-order chi connectivity index (χ0) is 17.3. The fourth-order valence-corrected chi connectivity index (χ4v) is 2.80. The number of benzene rings is 1. The number of amides is 3. The highest BCUT2D eigenvalue weighted by Gasteiger charge is 2.38. The molecular formula is C17H20N2O5. The number of imide groups is 1. The molecule has 2 aliphatic rings. The van der Waals surface area contributed by atoms with E-state index in [1.807, 2.05) is 13.8 Å². The van der Waals surface area contributed by atoms with Gasteiger partial charge in [-0.05, 0) is 38.1 Å². The summed E-state index contributed by atoms with van der Waals surface area (Å²) in [7, 11) is 0. The molecule has 0 aliphatic carbocycles. The van der Waals surface area contributed by atoms with Gasteiger partial charge in [0, 0.05) is 31.1 Å². The van der Waals surface area contributed by atoms with Gasteiger partial charge < -0.3 is 14.4 Å². The molecule has 3 rings (SSSR count). The molecule has 0 bridgehead atoms. The molecule has 7 nitrogen and oxygen atoms in total. The van der Waals surface area contributed by atoms with Crippen molar-refractivity contribution in [3.8, 4) is 5.75 Å². The van der Waals surface area contributed by atoms with Crippen LogP contribution >= 0.6 is 0 Å². The number of likely N-dealkylation sites (tertiary alicyclic amines) is 1. The van der Waals surface area contributed by atoms with Crippen molar-refractivity contribution in [3.05, 3.63) is 29.8 Å². The lowest BCUT2D eigenvalue weighted by atomic mass is 9.98. The van der Waals surface area contributed by atoms with E-state index in [1.165, 1.54) is 0 Å². The third-order valence-corrected chi connectivity index (χ3v) is 4.00. The van der Waals surface area contributed by atoms with Crippen molar-refractivity contribution >= 4 is 17.9 Å². The monoisotopic (exact) mass is 332 g/mol. The first kappa shape index (κ1) is 16.3. The molecule has 0 atom stereocenters. The average molecular weight is 332 g/mol. The number of nitrogens with zero attached hydrogens (tertiary/aromatic N) is 2. The SMILES string of the molecule is CC(C)Oc1ccc(C(=O)N2CC(CN3C(=O)COC3=O)C2)cc1. The number of cyclic esters (lactones) is 1. The highest BCUT2D eigenvalue weighted by molar-refractivity contribution is 5.98. The summed E-state index contributed by atoms with van der Waals surface area (Å²) in [6, 6.07) is 7.05. The van der Waals surface area contributed by atoms with Crippen LogP contribution in [0.2, 0.25) is 0 Å². The van der Waals surface area contributed by atoms with Gasteiger partial charge in [0.2, 0.25) is 0 Å². The molecule has 128 valence electrons. The van der Waals surface area contributed by atoms with Gasteiger partial charge in [0.25, 0.3) is 11.8 Å². The van der Waals surface area contributed by atoms with E-state index >= 15 is 0 Å². The van der Waals surface area contributed by atoms with Crippen LogP contribution in [0.25, 0.3) is 0 Å². The van der Waals surface area contributed by atoms with Gasteiger partial charge in [-0.3, -0.25) is 9.59 Å². The molecule has 0 saturated carbocycles. The van der Waals surface area contributed by atoms with E-state index < -0.39 is 6.09 Å². The lowest BCUT2D eigenvalue weighted by molar-refractivity contribution is -0.126. The molecule has 2 aliphatic heterocycles. The normalized spacial score (nSPS) is 18.0. The second-order valence-electron chi connectivity index (χ2n) is 6.33. The third-order valence-electron chi connectivity index (χ3n) is 4.00. The number of rotatable bonds is 5. The number of hydrogen-bond acceptors (Lipinski definition) is 5. The molecule has 3 amide bonds. The molecule has 1 aromatic rings. The Balaban J connectivity index is 1.51. The Morgan fingerprint density at radius 1 is 1.25 bits per heavy atom. The van der Waals surface area contributed by atoms with E-state index in [2.05, 4.69) is 4.74 Å². The Morgan fingerprint density at radius 3 is 2.46 bits per heavy atom. The largest absolute Gasteiger partial charge is 0.491 e. The van der Waals surface area contributed by atoms with Gasteiger partial charge in [0.15, 0.2) is 6.61 Å². The maximum atomic E-state index is 12.4. The summed E-state index contributed by atoms with van der Waals surface area (Å²) >= 11 is 0. The van der Waals surface area contributed by atoms with Crippen LogP contribution in [-0.2, 0) is 9.53 Å². The smallest absolute Gasteiger partial charge is 0.417 e. The van der Waals surface area contributed by atoms with E-state index in [9.17, 15) is 14.4 Å². The average Bonchev–Trinajstić information content (AvgIpc) is 2.81. The molecule has 24 heavy (non-hydrogen) atoms. The van der Waals surface area contributed by atoms with Gasteiger partial charge in [0.05, 0.1) is 6.10 Å². The maximum Gasteiger partial charge on any atom is 0.417 e.